The molecule has 3 aromatic heterocycles. The monoisotopic (exact) mass is 361 g/mol. The minimum atomic E-state index is -0.0326. The number of fused-ring (bicyclic) bond motifs is 1. The van der Waals surface area contributed by atoms with Crippen molar-refractivity contribution in [1.82, 2.24) is 20.3 Å². The normalized spacial score (nSPS) is 15.1. The van der Waals surface area contributed by atoms with Gasteiger partial charge in [0.2, 0.25) is 0 Å². The maximum Gasteiger partial charge on any atom is 0.251 e. The van der Waals surface area contributed by atoms with Crippen molar-refractivity contribution < 1.29 is 4.79 Å². The number of carbonyl (C=O) groups excluding carboxylic acids is 1. The Labute approximate surface area is 158 Å². The number of hydrogen-bond donors (Lipinski definition) is 1. The molecule has 0 bridgehead atoms. The van der Waals surface area contributed by atoms with Crippen LogP contribution in [-0.4, -0.2) is 40.0 Å². The van der Waals surface area contributed by atoms with Crippen molar-refractivity contribution >= 4 is 22.8 Å². The highest BCUT2D eigenvalue weighted by Gasteiger charge is 2.22. The molecular formula is C21H23N5O. The molecule has 0 aromatic carbocycles. The van der Waals surface area contributed by atoms with Crippen LogP contribution in [0.25, 0.3) is 11.0 Å². The third kappa shape index (κ3) is 3.74. The molecule has 0 aliphatic carbocycles. The highest BCUT2D eigenvalue weighted by atomic mass is 16.1. The number of nitrogens with one attached hydrogen (secondary N) is 1. The highest BCUT2D eigenvalue weighted by molar-refractivity contribution is 5.94. The summed E-state index contributed by atoms with van der Waals surface area (Å²) in [5, 5.41) is 4.23. The topological polar surface area (TPSA) is 71.0 Å². The molecule has 27 heavy (non-hydrogen) atoms. The van der Waals surface area contributed by atoms with Gasteiger partial charge >= 0.3 is 0 Å². The van der Waals surface area contributed by atoms with Gasteiger partial charge in [0, 0.05) is 48.2 Å². The number of aryl methyl sites for hydroxylation is 2. The second-order valence-corrected chi connectivity index (χ2v) is 7.09. The number of piperidine rings is 1. The Balaban J connectivity index is 1.42. The van der Waals surface area contributed by atoms with Crippen LogP contribution < -0.4 is 10.2 Å². The Bertz CT molecular complexity index is 965. The van der Waals surface area contributed by atoms with Crippen LogP contribution in [0.5, 0.6) is 0 Å². The fraction of sp³-hybridized carbons (Fsp3) is 0.333. The van der Waals surface area contributed by atoms with E-state index in [1.165, 1.54) is 5.56 Å². The molecule has 0 unspecified atom stereocenters. The van der Waals surface area contributed by atoms with E-state index >= 15 is 0 Å². The number of rotatable bonds is 3. The van der Waals surface area contributed by atoms with Gasteiger partial charge in [-0.15, -0.1) is 0 Å². The number of aromatic nitrogens is 3. The van der Waals surface area contributed by atoms with Crippen molar-refractivity contribution in [2.24, 2.45) is 0 Å². The summed E-state index contributed by atoms with van der Waals surface area (Å²) in [6, 6.07) is 9.92. The smallest absolute Gasteiger partial charge is 0.251 e. The summed E-state index contributed by atoms with van der Waals surface area (Å²) >= 11 is 0. The zero-order valence-electron chi connectivity index (χ0n) is 15.6. The van der Waals surface area contributed by atoms with Crippen molar-refractivity contribution in [2.75, 3.05) is 18.0 Å². The molecule has 0 radical (unpaired) electrons. The summed E-state index contributed by atoms with van der Waals surface area (Å²) in [5.74, 6) is 0.925. The van der Waals surface area contributed by atoms with E-state index in [-0.39, 0.29) is 11.9 Å². The first-order valence-corrected chi connectivity index (χ1v) is 9.31. The molecular weight excluding hydrogens is 338 g/mol. The molecule has 0 spiro atoms. The van der Waals surface area contributed by atoms with Gasteiger partial charge in [-0.25, -0.2) is 9.97 Å². The fourth-order valence-electron chi connectivity index (χ4n) is 3.62. The third-order valence-corrected chi connectivity index (χ3v) is 5.09. The van der Waals surface area contributed by atoms with Crippen LogP contribution in [0, 0.1) is 13.8 Å². The number of carbonyl (C=O) groups is 1. The lowest BCUT2D eigenvalue weighted by Gasteiger charge is -2.33. The molecule has 1 N–H and O–H groups in total. The van der Waals surface area contributed by atoms with Gasteiger partial charge in [0.15, 0.2) is 5.65 Å². The second-order valence-electron chi connectivity index (χ2n) is 7.09. The minimum absolute atomic E-state index is 0.0326. The molecule has 4 rings (SSSR count). The van der Waals surface area contributed by atoms with Crippen molar-refractivity contribution in [3.05, 3.63) is 59.5 Å². The van der Waals surface area contributed by atoms with E-state index in [1.807, 2.05) is 6.92 Å². The lowest BCUT2D eigenvalue weighted by molar-refractivity contribution is 0.0931. The second kappa shape index (κ2) is 7.31. The number of amides is 1. The van der Waals surface area contributed by atoms with Crippen molar-refractivity contribution in [3.63, 3.8) is 0 Å². The first-order chi connectivity index (χ1) is 13.1. The van der Waals surface area contributed by atoms with E-state index < -0.39 is 0 Å². The average molecular weight is 361 g/mol. The van der Waals surface area contributed by atoms with Crippen molar-refractivity contribution in [3.8, 4) is 0 Å². The maximum atomic E-state index is 12.3. The van der Waals surface area contributed by atoms with Gasteiger partial charge in [-0.05, 0) is 62.6 Å². The van der Waals surface area contributed by atoms with Gasteiger partial charge in [0.1, 0.15) is 5.82 Å². The molecule has 1 aliphatic heterocycles. The maximum absolute atomic E-state index is 12.3. The summed E-state index contributed by atoms with van der Waals surface area (Å²) in [7, 11) is 0. The number of anilines is 1. The van der Waals surface area contributed by atoms with E-state index in [0.29, 0.717) is 5.56 Å². The van der Waals surface area contributed by atoms with Crippen molar-refractivity contribution in [1.29, 1.82) is 0 Å². The molecule has 1 fully saturated rings. The molecule has 1 amide bonds. The van der Waals surface area contributed by atoms with Gasteiger partial charge in [0.05, 0.1) is 0 Å². The Hall–Kier alpha value is -3.02. The average Bonchev–Trinajstić information content (AvgIpc) is 2.68. The van der Waals surface area contributed by atoms with Gasteiger partial charge in [-0.2, -0.15) is 0 Å². The lowest BCUT2D eigenvalue weighted by atomic mass is 10.0. The van der Waals surface area contributed by atoms with Gasteiger partial charge in [-0.1, -0.05) is 0 Å². The van der Waals surface area contributed by atoms with E-state index in [9.17, 15) is 4.79 Å². The van der Waals surface area contributed by atoms with Crippen LogP contribution >= 0.6 is 0 Å². The molecule has 6 heteroatoms. The molecule has 1 saturated heterocycles. The molecule has 3 aromatic rings. The van der Waals surface area contributed by atoms with Crippen LogP contribution in [0.15, 0.2) is 42.7 Å². The minimum Gasteiger partial charge on any atom is -0.356 e. The van der Waals surface area contributed by atoms with E-state index in [1.54, 1.807) is 24.5 Å². The Kier molecular flexibility index (Phi) is 4.71. The first-order valence-electron chi connectivity index (χ1n) is 9.31. The van der Waals surface area contributed by atoms with Gasteiger partial charge < -0.3 is 10.2 Å². The zero-order chi connectivity index (χ0) is 18.8. The lowest BCUT2D eigenvalue weighted by Crippen LogP contribution is -2.45. The third-order valence-electron chi connectivity index (χ3n) is 5.09. The summed E-state index contributed by atoms with van der Waals surface area (Å²) in [5.41, 5.74) is 3.65. The molecule has 0 saturated carbocycles. The molecule has 4 heterocycles. The van der Waals surface area contributed by atoms with Crippen LogP contribution in [0.1, 0.15) is 34.5 Å². The highest BCUT2D eigenvalue weighted by Crippen LogP contribution is 2.23. The first kappa shape index (κ1) is 17.4. The molecule has 1 aliphatic rings. The summed E-state index contributed by atoms with van der Waals surface area (Å²) in [6.45, 7) is 5.82. The number of nitrogens with zero attached hydrogens (tertiary/aromatic N) is 4. The van der Waals surface area contributed by atoms with Crippen molar-refractivity contribution in [2.45, 2.75) is 32.7 Å². The van der Waals surface area contributed by atoms with E-state index in [2.05, 4.69) is 45.3 Å². The fourth-order valence-corrected chi connectivity index (χ4v) is 3.62. The Morgan fingerprint density at radius 3 is 2.56 bits per heavy atom. The summed E-state index contributed by atoms with van der Waals surface area (Å²) < 4.78 is 0. The number of hydrogen-bond acceptors (Lipinski definition) is 5. The van der Waals surface area contributed by atoms with Gasteiger partial charge in [0.25, 0.3) is 5.91 Å². The zero-order valence-corrected chi connectivity index (χ0v) is 15.6. The number of pyridine rings is 3. The van der Waals surface area contributed by atoms with Crippen LogP contribution in [0.2, 0.25) is 0 Å². The SMILES string of the molecule is Cc1cc(C)c2ccc(N3CCC(NC(=O)c4ccncc4)CC3)nc2n1. The standard InChI is InChI=1S/C21H23N5O/c1-14-13-15(2)23-20-18(14)3-4-19(25-20)26-11-7-17(8-12-26)24-21(27)16-5-9-22-10-6-16/h3-6,9-10,13,17H,7-8,11-12H2,1-2H3,(H,24,27). The van der Waals surface area contributed by atoms with E-state index in [0.717, 1.165) is 48.5 Å². The molecule has 6 nitrogen and oxygen atoms in total. The Morgan fingerprint density at radius 2 is 1.81 bits per heavy atom. The van der Waals surface area contributed by atoms with Crippen LogP contribution in [-0.2, 0) is 0 Å². The molecule has 0 atom stereocenters. The van der Waals surface area contributed by atoms with E-state index in [4.69, 9.17) is 4.98 Å². The van der Waals surface area contributed by atoms with Gasteiger partial charge in [-0.3, -0.25) is 9.78 Å². The summed E-state index contributed by atoms with van der Waals surface area (Å²) in [6.07, 6.45) is 5.08. The largest absolute Gasteiger partial charge is 0.356 e. The molecule has 138 valence electrons. The van der Waals surface area contributed by atoms with Crippen LogP contribution in [0.4, 0.5) is 5.82 Å². The predicted molar refractivity (Wildman–Crippen MR) is 106 cm³/mol. The summed E-state index contributed by atoms with van der Waals surface area (Å²) in [4.78, 5) is 27.9. The van der Waals surface area contributed by atoms with Crippen LogP contribution in [0.3, 0.4) is 0 Å². The Morgan fingerprint density at radius 1 is 1.07 bits per heavy atom. The quantitative estimate of drug-likeness (QED) is 0.776. The predicted octanol–water partition coefficient (Wildman–Crippen LogP) is 3.04.